The Balaban J connectivity index is 1.29. The largest absolute Gasteiger partial charge is 0.349 e. The van der Waals surface area contributed by atoms with Crippen molar-refractivity contribution >= 4 is 5.91 Å². The molecule has 3 fully saturated rings. The molecule has 1 aliphatic heterocycles. The van der Waals surface area contributed by atoms with E-state index < -0.39 is 0 Å². The van der Waals surface area contributed by atoms with Gasteiger partial charge in [-0.15, -0.1) is 0 Å². The first-order chi connectivity index (χ1) is 12.1. The molecule has 2 aliphatic carbocycles. The van der Waals surface area contributed by atoms with Gasteiger partial charge in [-0.3, -0.25) is 4.79 Å². The van der Waals surface area contributed by atoms with Crippen LogP contribution in [0.3, 0.4) is 0 Å². The fraction of sp³-hybridized carbons (Fsp3) is 0.762. The number of nitrogens with one attached hydrogen (secondary N) is 1. The van der Waals surface area contributed by atoms with Crippen molar-refractivity contribution in [1.29, 1.82) is 0 Å². The minimum absolute atomic E-state index is 0.134. The second kappa shape index (κ2) is 7.14. The van der Waals surface area contributed by atoms with E-state index in [2.05, 4.69) is 34.7 Å². The summed E-state index contributed by atoms with van der Waals surface area (Å²) >= 11 is 0. The number of aromatic nitrogens is 1. The molecule has 2 saturated carbocycles. The van der Waals surface area contributed by atoms with Gasteiger partial charge in [-0.1, -0.05) is 12.8 Å². The van der Waals surface area contributed by atoms with Crippen LogP contribution in [0.1, 0.15) is 79.2 Å². The zero-order valence-corrected chi connectivity index (χ0v) is 15.9. The minimum Gasteiger partial charge on any atom is -0.349 e. The Morgan fingerprint density at radius 2 is 1.76 bits per heavy atom. The number of nitrogens with zero attached hydrogens (tertiary/aromatic N) is 2. The number of aryl methyl sites for hydroxylation is 1. The average Bonchev–Trinajstić information content (AvgIpc) is 3.20. The maximum absolute atomic E-state index is 12.8. The zero-order chi connectivity index (χ0) is 17.4. The van der Waals surface area contributed by atoms with Gasteiger partial charge in [0.15, 0.2) is 0 Å². The monoisotopic (exact) mass is 343 g/mol. The van der Waals surface area contributed by atoms with E-state index >= 15 is 0 Å². The Morgan fingerprint density at radius 1 is 1.08 bits per heavy atom. The van der Waals surface area contributed by atoms with Gasteiger partial charge >= 0.3 is 0 Å². The van der Waals surface area contributed by atoms with Gasteiger partial charge < -0.3 is 14.8 Å². The van der Waals surface area contributed by atoms with Crippen LogP contribution in [0.25, 0.3) is 0 Å². The standard InChI is InChI=1S/C21H33N3O/c1-15-13-20(16(2)24(15)19-7-8-19)21(25)22-18-9-11-23(12-10-18)14-17-5-3-4-6-17/h13,17-19H,3-12,14H2,1-2H3,(H,22,25). The molecule has 0 bridgehead atoms. The Bertz CT molecular complexity index is 617. The first-order valence-electron chi connectivity index (χ1n) is 10.3. The molecule has 4 rings (SSSR count). The summed E-state index contributed by atoms with van der Waals surface area (Å²) in [5.41, 5.74) is 3.27. The van der Waals surface area contributed by atoms with Crippen molar-refractivity contribution in [1.82, 2.24) is 14.8 Å². The first kappa shape index (κ1) is 17.1. The normalized spacial score (nSPS) is 23.3. The van der Waals surface area contributed by atoms with Crippen molar-refractivity contribution in [3.63, 3.8) is 0 Å². The molecular formula is C21H33N3O. The summed E-state index contributed by atoms with van der Waals surface area (Å²) in [5.74, 6) is 1.06. The van der Waals surface area contributed by atoms with Crippen molar-refractivity contribution in [2.45, 2.75) is 77.3 Å². The lowest BCUT2D eigenvalue weighted by atomic mass is 10.0. The lowest BCUT2D eigenvalue weighted by Crippen LogP contribution is -2.45. The molecule has 1 aromatic heterocycles. The quantitative estimate of drug-likeness (QED) is 0.882. The number of carbonyl (C=O) groups excluding carboxylic acids is 1. The maximum Gasteiger partial charge on any atom is 0.253 e. The maximum atomic E-state index is 12.8. The van der Waals surface area contributed by atoms with Gasteiger partial charge in [0.1, 0.15) is 0 Å². The fourth-order valence-electron chi connectivity index (χ4n) is 4.98. The van der Waals surface area contributed by atoms with Crippen LogP contribution in [0.2, 0.25) is 0 Å². The SMILES string of the molecule is Cc1cc(C(=O)NC2CCN(CC3CCCC3)CC2)c(C)n1C1CC1. The Labute approximate surface area is 152 Å². The van der Waals surface area contributed by atoms with Crippen LogP contribution in [0.15, 0.2) is 6.07 Å². The summed E-state index contributed by atoms with van der Waals surface area (Å²) in [6.07, 6.45) is 10.4. The highest BCUT2D eigenvalue weighted by Gasteiger charge is 2.29. The summed E-state index contributed by atoms with van der Waals surface area (Å²) in [6.45, 7) is 7.79. The second-order valence-electron chi connectivity index (χ2n) is 8.58. The molecule has 4 heteroatoms. The van der Waals surface area contributed by atoms with Crippen molar-refractivity contribution in [3.8, 4) is 0 Å². The van der Waals surface area contributed by atoms with E-state index in [1.807, 2.05) is 0 Å². The van der Waals surface area contributed by atoms with E-state index in [4.69, 9.17) is 0 Å². The van der Waals surface area contributed by atoms with Crippen molar-refractivity contribution < 1.29 is 4.79 Å². The molecule has 2 heterocycles. The predicted molar refractivity (Wildman–Crippen MR) is 101 cm³/mol. The van der Waals surface area contributed by atoms with Gasteiger partial charge in [0.05, 0.1) is 5.56 Å². The van der Waals surface area contributed by atoms with Gasteiger partial charge in [-0.2, -0.15) is 0 Å². The van der Waals surface area contributed by atoms with E-state index in [0.717, 1.165) is 43.1 Å². The number of carbonyl (C=O) groups is 1. The molecule has 0 atom stereocenters. The van der Waals surface area contributed by atoms with Crippen LogP contribution in [0.5, 0.6) is 0 Å². The zero-order valence-electron chi connectivity index (χ0n) is 15.9. The fourth-order valence-corrected chi connectivity index (χ4v) is 4.98. The van der Waals surface area contributed by atoms with Crippen LogP contribution in [-0.2, 0) is 0 Å². The first-order valence-corrected chi connectivity index (χ1v) is 10.3. The highest BCUT2D eigenvalue weighted by atomic mass is 16.1. The number of rotatable bonds is 5. The molecule has 1 saturated heterocycles. The Hall–Kier alpha value is -1.29. The molecule has 1 aromatic rings. The van der Waals surface area contributed by atoms with Crippen LogP contribution in [0, 0.1) is 19.8 Å². The lowest BCUT2D eigenvalue weighted by molar-refractivity contribution is 0.0905. The third-order valence-electron chi connectivity index (χ3n) is 6.55. The smallest absolute Gasteiger partial charge is 0.253 e. The summed E-state index contributed by atoms with van der Waals surface area (Å²) in [5, 5.41) is 3.31. The minimum atomic E-state index is 0.134. The van der Waals surface area contributed by atoms with E-state index in [0.29, 0.717) is 12.1 Å². The third-order valence-corrected chi connectivity index (χ3v) is 6.55. The van der Waals surface area contributed by atoms with Gasteiger partial charge in [-0.25, -0.2) is 0 Å². The van der Waals surface area contributed by atoms with Crippen molar-refractivity contribution in [2.75, 3.05) is 19.6 Å². The molecule has 1 N–H and O–H groups in total. The van der Waals surface area contributed by atoms with Crippen molar-refractivity contribution in [3.05, 3.63) is 23.0 Å². The molecule has 25 heavy (non-hydrogen) atoms. The van der Waals surface area contributed by atoms with Crippen LogP contribution >= 0.6 is 0 Å². The van der Waals surface area contributed by atoms with Gasteiger partial charge in [0.2, 0.25) is 0 Å². The Kier molecular flexibility index (Phi) is 4.90. The van der Waals surface area contributed by atoms with E-state index in [-0.39, 0.29) is 5.91 Å². The summed E-state index contributed by atoms with van der Waals surface area (Å²) in [7, 11) is 0. The van der Waals surface area contributed by atoms with Gasteiger partial charge in [0.25, 0.3) is 5.91 Å². The molecular weight excluding hydrogens is 310 g/mol. The van der Waals surface area contributed by atoms with Crippen LogP contribution in [-0.4, -0.2) is 41.1 Å². The third kappa shape index (κ3) is 3.79. The topological polar surface area (TPSA) is 37.3 Å². The van der Waals surface area contributed by atoms with Crippen molar-refractivity contribution in [2.24, 2.45) is 5.92 Å². The molecule has 138 valence electrons. The lowest BCUT2D eigenvalue weighted by Gasteiger charge is -2.33. The molecule has 4 nitrogen and oxygen atoms in total. The molecule has 0 unspecified atom stereocenters. The molecule has 0 radical (unpaired) electrons. The number of hydrogen-bond donors (Lipinski definition) is 1. The highest BCUT2D eigenvalue weighted by molar-refractivity contribution is 5.96. The van der Waals surface area contributed by atoms with E-state index in [1.165, 1.54) is 50.8 Å². The van der Waals surface area contributed by atoms with Crippen LogP contribution in [0.4, 0.5) is 0 Å². The summed E-state index contributed by atoms with van der Waals surface area (Å²) in [6, 6.07) is 3.06. The molecule has 3 aliphatic rings. The summed E-state index contributed by atoms with van der Waals surface area (Å²) in [4.78, 5) is 15.4. The summed E-state index contributed by atoms with van der Waals surface area (Å²) < 4.78 is 2.36. The van der Waals surface area contributed by atoms with Gasteiger partial charge in [0, 0.05) is 43.1 Å². The number of likely N-dealkylation sites (tertiary alicyclic amines) is 1. The average molecular weight is 344 g/mol. The van der Waals surface area contributed by atoms with Crippen LogP contribution < -0.4 is 5.32 Å². The Morgan fingerprint density at radius 3 is 2.40 bits per heavy atom. The second-order valence-corrected chi connectivity index (χ2v) is 8.58. The highest BCUT2D eigenvalue weighted by Crippen LogP contribution is 2.38. The number of hydrogen-bond acceptors (Lipinski definition) is 2. The predicted octanol–water partition coefficient (Wildman–Crippen LogP) is 3.82. The molecule has 1 amide bonds. The molecule has 0 spiro atoms. The van der Waals surface area contributed by atoms with E-state index in [9.17, 15) is 4.79 Å². The number of amides is 1. The number of piperidine rings is 1. The van der Waals surface area contributed by atoms with Gasteiger partial charge in [-0.05, 0) is 64.4 Å². The molecule has 0 aromatic carbocycles. The van der Waals surface area contributed by atoms with E-state index in [1.54, 1.807) is 0 Å².